The average molecular weight is 448 g/mol. The fraction of sp³-hybridized carbons (Fsp3) is 0.286. The van der Waals surface area contributed by atoms with Gasteiger partial charge in [-0.3, -0.25) is 10.1 Å². The highest BCUT2D eigenvalue weighted by Gasteiger charge is 2.12. The highest BCUT2D eigenvalue weighted by atomic mass is 35.5. The first-order valence-electron chi connectivity index (χ1n) is 9.14. The van der Waals surface area contributed by atoms with Crippen molar-refractivity contribution in [3.63, 3.8) is 0 Å². The Morgan fingerprint density at radius 3 is 2.69 bits per heavy atom. The van der Waals surface area contributed by atoms with E-state index < -0.39 is 0 Å². The van der Waals surface area contributed by atoms with Crippen molar-refractivity contribution in [3.05, 3.63) is 64.2 Å². The lowest BCUT2D eigenvalue weighted by atomic mass is 10.0. The number of thioether (sulfide) groups is 1. The molecule has 5 nitrogen and oxygen atoms in total. The number of benzene rings is 2. The van der Waals surface area contributed by atoms with Crippen molar-refractivity contribution < 1.29 is 9.53 Å². The Bertz CT molecular complexity index is 974. The molecule has 1 heterocycles. The van der Waals surface area contributed by atoms with E-state index >= 15 is 0 Å². The number of anilines is 1. The third kappa shape index (κ3) is 6.45. The van der Waals surface area contributed by atoms with Crippen LogP contribution in [-0.4, -0.2) is 22.7 Å². The number of aryl methyl sites for hydroxylation is 1. The molecular weight excluding hydrogens is 426 g/mol. The van der Waals surface area contributed by atoms with Crippen molar-refractivity contribution in [3.8, 4) is 5.75 Å². The van der Waals surface area contributed by atoms with E-state index in [9.17, 15) is 4.79 Å². The molecule has 3 rings (SSSR count). The lowest BCUT2D eigenvalue weighted by Gasteiger charge is -2.14. The van der Waals surface area contributed by atoms with Crippen LogP contribution in [0.4, 0.5) is 5.13 Å². The zero-order valence-electron chi connectivity index (χ0n) is 16.4. The average Bonchev–Trinajstić information content (AvgIpc) is 3.13. The predicted molar refractivity (Wildman–Crippen MR) is 120 cm³/mol. The van der Waals surface area contributed by atoms with Crippen LogP contribution in [0.3, 0.4) is 0 Å². The molecule has 0 fully saturated rings. The summed E-state index contributed by atoms with van der Waals surface area (Å²) >= 11 is 8.81. The van der Waals surface area contributed by atoms with Crippen molar-refractivity contribution in [2.75, 3.05) is 11.9 Å². The Balaban J connectivity index is 1.51. The molecule has 0 bridgehead atoms. The van der Waals surface area contributed by atoms with Gasteiger partial charge in [-0.2, -0.15) is 0 Å². The number of hydrogen-bond acceptors (Lipinski definition) is 6. The minimum Gasteiger partial charge on any atom is -0.483 e. The minimum absolute atomic E-state index is 0.0734. The van der Waals surface area contributed by atoms with Crippen LogP contribution in [-0.2, 0) is 10.5 Å². The van der Waals surface area contributed by atoms with Crippen molar-refractivity contribution in [2.24, 2.45) is 0 Å². The second kappa shape index (κ2) is 10.1. The molecule has 0 saturated carbocycles. The third-order valence-electron chi connectivity index (χ3n) is 4.08. The summed E-state index contributed by atoms with van der Waals surface area (Å²) in [5, 5.41) is 12.1. The zero-order chi connectivity index (χ0) is 20.8. The molecule has 1 N–H and O–H groups in total. The van der Waals surface area contributed by atoms with Crippen LogP contribution in [0.15, 0.2) is 46.8 Å². The first-order valence-corrected chi connectivity index (χ1v) is 11.3. The lowest BCUT2D eigenvalue weighted by Crippen LogP contribution is -2.20. The highest BCUT2D eigenvalue weighted by molar-refractivity contribution is 8.00. The molecule has 0 saturated heterocycles. The number of carbonyl (C=O) groups is 1. The van der Waals surface area contributed by atoms with Gasteiger partial charge in [0, 0.05) is 10.8 Å². The topological polar surface area (TPSA) is 64.1 Å². The number of aromatic nitrogens is 2. The normalized spacial score (nSPS) is 10.9. The zero-order valence-corrected chi connectivity index (χ0v) is 18.8. The summed E-state index contributed by atoms with van der Waals surface area (Å²) in [6, 6.07) is 13.7. The van der Waals surface area contributed by atoms with E-state index in [1.54, 1.807) is 11.8 Å². The number of carbonyl (C=O) groups excluding carboxylic acids is 1. The quantitative estimate of drug-likeness (QED) is 0.342. The van der Waals surface area contributed by atoms with E-state index in [-0.39, 0.29) is 12.5 Å². The van der Waals surface area contributed by atoms with Crippen LogP contribution in [0.25, 0.3) is 0 Å². The van der Waals surface area contributed by atoms with Crippen LogP contribution in [0.5, 0.6) is 5.75 Å². The number of hydrogen-bond donors (Lipinski definition) is 1. The van der Waals surface area contributed by atoms with Crippen molar-refractivity contribution in [2.45, 2.75) is 36.8 Å². The molecule has 29 heavy (non-hydrogen) atoms. The van der Waals surface area contributed by atoms with Crippen molar-refractivity contribution in [1.29, 1.82) is 0 Å². The maximum atomic E-state index is 12.3. The molecule has 0 aliphatic carbocycles. The molecule has 152 valence electrons. The van der Waals surface area contributed by atoms with Gasteiger partial charge in [0.15, 0.2) is 10.9 Å². The van der Waals surface area contributed by atoms with Gasteiger partial charge in [-0.25, -0.2) is 0 Å². The minimum atomic E-state index is -0.258. The standard InChI is InChI=1S/C21H22ClN3O2S2/c1-13(2)17-9-4-14(3)10-18(17)27-11-19(26)23-20-24-25-21(29-20)28-12-15-5-7-16(22)8-6-15/h4-10,13H,11-12H2,1-3H3,(H,23,24,26). The number of ether oxygens (including phenoxy) is 1. The van der Waals surface area contributed by atoms with E-state index in [1.807, 2.05) is 49.4 Å². The van der Waals surface area contributed by atoms with Gasteiger partial charge >= 0.3 is 0 Å². The molecule has 0 aliphatic heterocycles. The Morgan fingerprint density at radius 1 is 1.21 bits per heavy atom. The van der Waals surface area contributed by atoms with Gasteiger partial charge in [-0.15, -0.1) is 10.2 Å². The third-order valence-corrected chi connectivity index (χ3v) is 6.37. The van der Waals surface area contributed by atoms with Crippen molar-refractivity contribution in [1.82, 2.24) is 10.2 Å². The molecule has 0 aliphatic rings. The summed E-state index contributed by atoms with van der Waals surface area (Å²) in [6.45, 7) is 6.13. The lowest BCUT2D eigenvalue weighted by molar-refractivity contribution is -0.118. The van der Waals surface area contributed by atoms with Gasteiger partial charge in [0.05, 0.1) is 0 Å². The van der Waals surface area contributed by atoms with Crippen LogP contribution >= 0.6 is 34.7 Å². The van der Waals surface area contributed by atoms with Crippen LogP contribution in [0.2, 0.25) is 5.02 Å². The Kier molecular flexibility index (Phi) is 7.52. The fourth-order valence-corrected chi connectivity index (χ4v) is 4.44. The molecule has 3 aromatic rings. The summed E-state index contributed by atoms with van der Waals surface area (Å²) in [4.78, 5) is 12.3. The Hall–Kier alpha value is -2.09. The highest BCUT2D eigenvalue weighted by Crippen LogP contribution is 2.29. The summed E-state index contributed by atoms with van der Waals surface area (Å²) in [5.41, 5.74) is 3.32. The number of amides is 1. The molecular formula is C21H22ClN3O2S2. The van der Waals surface area contributed by atoms with E-state index in [2.05, 4.69) is 29.4 Å². The summed E-state index contributed by atoms with van der Waals surface area (Å²) in [5.74, 6) is 1.56. The van der Waals surface area contributed by atoms with Gasteiger partial charge in [-0.1, -0.05) is 72.8 Å². The number of halogens is 1. The maximum Gasteiger partial charge on any atom is 0.264 e. The first-order chi connectivity index (χ1) is 13.9. The second-order valence-electron chi connectivity index (χ2n) is 6.82. The monoisotopic (exact) mass is 447 g/mol. The van der Waals surface area contributed by atoms with Crippen molar-refractivity contribution >= 4 is 45.7 Å². The molecule has 0 spiro atoms. The van der Waals surface area contributed by atoms with Gasteiger partial charge in [0.2, 0.25) is 5.13 Å². The number of nitrogens with one attached hydrogen (secondary N) is 1. The largest absolute Gasteiger partial charge is 0.483 e. The van der Waals surface area contributed by atoms with E-state index in [4.69, 9.17) is 16.3 Å². The van der Waals surface area contributed by atoms with E-state index in [0.717, 1.165) is 32.5 Å². The summed E-state index contributed by atoms with van der Waals surface area (Å²) in [7, 11) is 0. The molecule has 8 heteroatoms. The van der Waals surface area contributed by atoms with Crippen LogP contribution in [0.1, 0.15) is 36.5 Å². The number of rotatable bonds is 8. The Morgan fingerprint density at radius 2 is 1.97 bits per heavy atom. The second-order valence-corrected chi connectivity index (χ2v) is 9.46. The van der Waals surface area contributed by atoms with E-state index in [0.29, 0.717) is 16.1 Å². The van der Waals surface area contributed by atoms with Gasteiger partial charge < -0.3 is 4.74 Å². The van der Waals surface area contributed by atoms with Gasteiger partial charge in [0.25, 0.3) is 5.91 Å². The molecule has 2 aromatic carbocycles. The molecule has 0 unspecified atom stereocenters. The molecule has 0 radical (unpaired) electrons. The van der Waals surface area contributed by atoms with E-state index in [1.165, 1.54) is 11.3 Å². The van der Waals surface area contributed by atoms with Gasteiger partial charge in [0.1, 0.15) is 5.75 Å². The van der Waals surface area contributed by atoms with Crippen LogP contribution < -0.4 is 10.1 Å². The van der Waals surface area contributed by atoms with Crippen LogP contribution in [0, 0.1) is 6.92 Å². The SMILES string of the molecule is Cc1ccc(C(C)C)c(OCC(=O)Nc2nnc(SCc3ccc(Cl)cc3)s2)c1. The number of nitrogens with zero attached hydrogens (tertiary/aromatic N) is 2. The molecule has 0 atom stereocenters. The molecule has 1 amide bonds. The fourth-order valence-electron chi connectivity index (χ4n) is 2.59. The predicted octanol–water partition coefficient (Wildman–Crippen LogP) is 5.93. The first kappa shape index (κ1) is 21.6. The Labute approximate surface area is 183 Å². The smallest absolute Gasteiger partial charge is 0.264 e. The molecule has 1 aromatic heterocycles. The van der Waals surface area contributed by atoms with Gasteiger partial charge in [-0.05, 0) is 47.7 Å². The maximum absolute atomic E-state index is 12.3. The summed E-state index contributed by atoms with van der Waals surface area (Å²) in [6.07, 6.45) is 0. The summed E-state index contributed by atoms with van der Waals surface area (Å²) < 4.78 is 6.55.